The lowest BCUT2D eigenvalue weighted by atomic mass is 10.1. The van der Waals surface area contributed by atoms with Crippen molar-refractivity contribution in [3.63, 3.8) is 0 Å². The number of hydrogen-bond acceptors (Lipinski definition) is 5. The summed E-state index contributed by atoms with van der Waals surface area (Å²) in [5.41, 5.74) is 4.14. The molecule has 3 aromatic rings. The van der Waals surface area contributed by atoms with Gasteiger partial charge >= 0.3 is 5.97 Å². The lowest BCUT2D eigenvalue weighted by Crippen LogP contribution is -2.12. The summed E-state index contributed by atoms with van der Waals surface area (Å²) in [6.07, 6.45) is 0. The van der Waals surface area contributed by atoms with Gasteiger partial charge in [-0.25, -0.2) is 9.48 Å². The molecule has 27 heavy (non-hydrogen) atoms. The number of rotatable bonds is 5. The summed E-state index contributed by atoms with van der Waals surface area (Å²) >= 11 is 0. The first-order chi connectivity index (χ1) is 12.9. The molecular formula is C21H22N2O4. The standard InChI is InChI=1S/C21H22N2O4/c1-13-6-7-19(14(2)8-13)23-20(9-15(3)22-23)27-21(24)16-10-17(25-4)12-18(11-16)26-5/h6-12H,1-5H3. The van der Waals surface area contributed by atoms with Crippen LogP contribution in [0.4, 0.5) is 0 Å². The van der Waals surface area contributed by atoms with Crippen molar-refractivity contribution in [2.24, 2.45) is 0 Å². The Kier molecular flexibility index (Phi) is 5.16. The molecule has 0 radical (unpaired) electrons. The molecule has 0 aliphatic rings. The van der Waals surface area contributed by atoms with Crippen LogP contribution in [0.1, 0.15) is 27.2 Å². The largest absolute Gasteiger partial charge is 0.497 e. The van der Waals surface area contributed by atoms with E-state index >= 15 is 0 Å². The zero-order valence-electron chi connectivity index (χ0n) is 16.1. The third-order valence-corrected chi connectivity index (χ3v) is 4.16. The number of benzene rings is 2. The van der Waals surface area contributed by atoms with E-state index in [2.05, 4.69) is 11.2 Å². The summed E-state index contributed by atoms with van der Waals surface area (Å²) in [7, 11) is 3.06. The molecule has 2 aromatic carbocycles. The smallest absolute Gasteiger partial charge is 0.345 e. The molecule has 0 aliphatic carbocycles. The number of methoxy groups -OCH3 is 2. The normalized spacial score (nSPS) is 10.6. The van der Waals surface area contributed by atoms with Crippen LogP contribution in [-0.4, -0.2) is 30.0 Å². The molecule has 0 spiro atoms. The third kappa shape index (κ3) is 3.95. The van der Waals surface area contributed by atoms with E-state index in [4.69, 9.17) is 14.2 Å². The van der Waals surface area contributed by atoms with Gasteiger partial charge in [0.05, 0.1) is 31.2 Å². The van der Waals surface area contributed by atoms with E-state index in [1.807, 2.05) is 32.9 Å². The Bertz CT molecular complexity index is 970. The summed E-state index contributed by atoms with van der Waals surface area (Å²) in [4.78, 5) is 12.7. The van der Waals surface area contributed by atoms with Crippen molar-refractivity contribution < 1.29 is 19.0 Å². The molecule has 1 aromatic heterocycles. The van der Waals surface area contributed by atoms with Gasteiger partial charge in [0, 0.05) is 12.1 Å². The van der Waals surface area contributed by atoms with Gasteiger partial charge in [-0.1, -0.05) is 17.7 Å². The zero-order chi connectivity index (χ0) is 19.6. The van der Waals surface area contributed by atoms with Gasteiger partial charge in [-0.15, -0.1) is 0 Å². The summed E-state index contributed by atoms with van der Waals surface area (Å²) in [6, 6.07) is 12.7. The Hall–Kier alpha value is -3.28. The fourth-order valence-corrected chi connectivity index (χ4v) is 2.84. The average molecular weight is 366 g/mol. The minimum Gasteiger partial charge on any atom is -0.497 e. The van der Waals surface area contributed by atoms with Crippen LogP contribution in [0.5, 0.6) is 17.4 Å². The van der Waals surface area contributed by atoms with Crippen LogP contribution in [0.25, 0.3) is 5.69 Å². The first-order valence-electron chi connectivity index (χ1n) is 8.51. The molecule has 0 saturated heterocycles. The molecule has 6 nitrogen and oxygen atoms in total. The quantitative estimate of drug-likeness (QED) is 0.638. The van der Waals surface area contributed by atoms with E-state index in [1.165, 1.54) is 14.2 Å². The highest BCUT2D eigenvalue weighted by molar-refractivity contribution is 5.92. The first kappa shape index (κ1) is 18.5. The van der Waals surface area contributed by atoms with Crippen molar-refractivity contribution in [2.75, 3.05) is 14.2 Å². The Morgan fingerprint density at radius 3 is 2.19 bits per heavy atom. The van der Waals surface area contributed by atoms with Crippen LogP contribution in [0.3, 0.4) is 0 Å². The molecule has 0 N–H and O–H groups in total. The van der Waals surface area contributed by atoms with Crippen LogP contribution < -0.4 is 14.2 Å². The van der Waals surface area contributed by atoms with Gasteiger partial charge in [0.2, 0.25) is 5.88 Å². The van der Waals surface area contributed by atoms with Crippen molar-refractivity contribution in [3.8, 4) is 23.1 Å². The molecule has 3 rings (SSSR count). The van der Waals surface area contributed by atoms with Gasteiger partial charge in [0.15, 0.2) is 0 Å². The number of carbonyl (C=O) groups is 1. The van der Waals surface area contributed by atoms with E-state index in [9.17, 15) is 4.79 Å². The SMILES string of the molecule is COc1cc(OC)cc(C(=O)Oc2cc(C)nn2-c2ccc(C)cc2C)c1. The molecule has 0 atom stereocenters. The number of carbonyl (C=O) groups excluding carboxylic acids is 1. The van der Waals surface area contributed by atoms with E-state index in [1.54, 1.807) is 28.9 Å². The van der Waals surface area contributed by atoms with Crippen molar-refractivity contribution in [2.45, 2.75) is 20.8 Å². The predicted octanol–water partition coefficient (Wildman–Crippen LogP) is 4.03. The Balaban J connectivity index is 1.96. The molecule has 0 bridgehead atoms. The maximum absolute atomic E-state index is 12.7. The minimum atomic E-state index is -0.516. The van der Waals surface area contributed by atoms with Crippen molar-refractivity contribution in [3.05, 3.63) is 64.8 Å². The maximum Gasteiger partial charge on any atom is 0.345 e. The van der Waals surface area contributed by atoms with Gasteiger partial charge in [-0.3, -0.25) is 0 Å². The predicted molar refractivity (Wildman–Crippen MR) is 102 cm³/mol. The maximum atomic E-state index is 12.7. The topological polar surface area (TPSA) is 62.6 Å². The number of esters is 1. The lowest BCUT2D eigenvalue weighted by molar-refractivity contribution is 0.0722. The van der Waals surface area contributed by atoms with Gasteiger partial charge in [-0.2, -0.15) is 5.10 Å². The van der Waals surface area contributed by atoms with Gasteiger partial charge in [0.25, 0.3) is 0 Å². The molecular weight excluding hydrogens is 344 g/mol. The van der Waals surface area contributed by atoms with Gasteiger partial charge in [-0.05, 0) is 44.5 Å². The molecule has 0 saturated carbocycles. The fraction of sp³-hybridized carbons (Fsp3) is 0.238. The van der Waals surface area contributed by atoms with Crippen LogP contribution >= 0.6 is 0 Å². The Morgan fingerprint density at radius 2 is 1.59 bits per heavy atom. The van der Waals surface area contributed by atoms with E-state index in [0.717, 1.165) is 22.5 Å². The van der Waals surface area contributed by atoms with Gasteiger partial charge in [0.1, 0.15) is 11.5 Å². The van der Waals surface area contributed by atoms with Crippen molar-refractivity contribution in [1.82, 2.24) is 9.78 Å². The third-order valence-electron chi connectivity index (χ3n) is 4.16. The minimum absolute atomic E-state index is 0.331. The second-order valence-corrected chi connectivity index (χ2v) is 6.32. The number of aryl methyl sites for hydroxylation is 3. The van der Waals surface area contributed by atoms with Crippen LogP contribution in [-0.2, 0) is 0 Å². The second-order valence-electron chi connectivity index (χ2n) is 6.32. The number of nitrogens with zero attached hydrogens (tertiary/aromatic N) is 2. The molecule has 140 valence electrons. The summed E-state index contributed by atoms with van der Waals surface area (Å²) in [5, 5.41) is 4.48. The van der Waals surface area contributed by atoms with Crippen LogP contribution in [0.2, 0.25) is 0 Å². The van der Waals surface area contributed by atoms with E-state index in [-0.39, 0.29) is 0 Å². The Morgan fingerprint density at radius 1 is 0.926 bits per heavy atom. The molecule has 6 heteroatoms. The molecule has 0 unspecified atom stereocenters. The summed E-state index contributed by atoms with van der Waals surface area (Å²) < 4.78 is 17.7. The van der Waals surface area contributed by atoms with E-state index < -0.39 is 5.97 Å². The van der Waals surface area contributed by atoms with Crippen LogP contribution in [0.15, 0.2) is 42.5 Å². The average Bonchev–Trinajstić information content (AvgIpc) is 3.01. The highest BCUT2D eigenvalue weighted by Crippen LogP contribution is 2.26. The monoisotopic (exact) mass is 366 g/mol. The van der Waals surface area contributed by atoms with E-state index in [0.29, 0.717) is 22.9 Å². The van der Waals surface area contributed by atoms with Crippen LogP contribution in [0, 0.1) is 20.8 Å². The summed E-state index contributed by atoms with van der Waals surface area (Å²) in [5.74, 6) is 0.866. The molecule has 0 fully saturated rings. The van der Waals surface area contributed by atoms with Crippen molar-refractivity contribution in [1.29, 1.82) is 0 Å². The Labute approximate surface area is 158 Å². The lowest BCUT2D eigenvalue weighted by Gasteiger charge is -2.12. The first-order valence-corrected chi connectivity index (χ1v) is 8.51. The number of ether oxygens (including phenoxy) is 3. The number of hydrogen-bond donors (Lipinski definition) is 0. The zero-order valence-corrected chi connectivity index (χ0v) is 16.1. The van der Waals surface area contributed by atoms with Gasteiger partial charge < -0.3 is 14.2 Å². The summed E-state index contributed by atoms with van der Waals surface area (Å²) in [6.45, 7) is 5.88. The molecule has 0 amide bonds. The molecule has 1 heterocycles. The number of aromatic nitrogens is 2. The van der Waals surface area contributed by atoms with Crippen molar-refractivity contribution >= 4 is 5.97 Å². The highest BCUT2D eigenvalue weighted by Gasteiger charge is 2.17. The molecule has 0 aliphatic heterocycles. The fourth-order valence-electron chi connectivity index (χ4n) is 2.84. The highest BCUT2D eigenvalue weighted by atomic mass is 16.5. The second kappa shape index (κ2) is 7.53.